The molecule has 0 radical (unpaired) electrons. The van der Waals surface area contributed by atoms with Crippen LogP contribution in [-0.4, -0.2) is 26.7 Å². The molecule has 2 heterocycles. The highest BCUT2D eigenvalue weighted by Gasteiger charge is 2.35. The van der Waals surface area contributed by atoms with E-state index in [4.69, 9.17) is 0 Å². The summed E-state index contributed by atoms with van der Waals surface area (Å²) in [5, 5.41) is 29.3. The van der Waals surface area contributed by atoms with Crippen molar-refractivity contribution in [3.8, 4) is 0 Å². The number of aliphatic hydroxyl groups is 2. The van der Waals surface area contributed by atoms with Gasteiger partial charge < -0.3 is 25.8 Å². The lowest BCUT2D eigenvalue weighted by Gasteiger charge is -2.18. The van der Waals surface area contributed by atoms with Crippen LogP contribution in [0, 0.1) is 6.92 Å². The molecule has 6 nitrogen and oxygen atoms in total. The largest absolute Gasteiger partial charge is 0.386 e. The molecule has 0 amide bonds. The van der Waals surface area contributed by atoms with E-state index in [1.807, 2.05) is 45.2 Å². The first-order valence-corrected chi connectivity index (χ1v) is 12.3. The number of aryl methyl sites for hydroxylation is 1. The molecule has 0 saturated heterocycles. The molecular formula is C29H34N4O2. The predicted octanol–water partition coefficient (Wildman–Crippen LogP) is 5.65. The number of H-pyrrole nitrogens is 1. The lowest BCUT2D eigenvalue weighted by molar-refractivity contribution is 0.0553. The van der Waals surface area contributed by atoms with Gasteiger partial charge in [-0.15, -0.1) is 0 Å². The Kier molecular flexibility index (Phi) is 5.82. The van der Waals surface area contributed by atoms with Gasteiger partial charge in [-0.1, -0.05) is 18.2 Å². The number of hydrogen-bond donors (Lipinski definition) is 5. The number of fused-ring (bicyclic) bond motifs is 2. The van der Waals surface area contributed by atoms with Crippen molar-refractivity contribution in [3.63, 3.8) is 0 Å². The van der Waals surface area contributed by atoms with E-state index in [1.54, 1.807) is 6.20 Å². The molecule has 1 unspecified atom stereocenters. The number of para-hydroxylation sites is 1. The lowest BCUT2D eigenvalue weighted by Crippen LogP contribution is -2.18. The van der Waals surface area contributed by atoms with Crippen molar-refractivity contribution in [2.24, 2.45) is 0 Å². The summed E-state index contributed by atoms with van der Waals surface area (Å²) in [6, 6.07) is 14.4. The van der Waals surface area contributed by atoms with Crippen LogP contribution < -0.4 is 10.6 Å². The summed E-state index contributed by atoms with van der Waals surface area (Å²) < 4.78 is 0. The van der Waals surface area contributed by atoms with Gasteiger partial charge in [-0.25, -0.2) is 0 Å². The highest BCUT2D eigenvalue weighted by Crippen LogP contribution is 2.39. The molecule has 1 atom stereocenters. The highest BCUT2D eigenvalue weighted by molar-refractivity contribution is 5.86. The van der Waals surface area contributed by atoms with Crippen molar-refractivity contribution in [1.29, 1.82) is 0 Å². The van der Waals surface area contributed by atoms with Crippen molar-refractivity contribution in [1.82, 2.24) is 9.97 Å². The van der Waals surface area contributed by atoms with Crippen molar-refractivity contribution >= 4 is 28.0 Å². The maximum Gasteiger partial charge on any atom is 0.104 e. The van der Waals surface area contributed by atoms with E-state index in [2.05, 4.69) is 51.8 Å². The molecule has 1 aliphatic rings. The Morgan fingerprint density at radius 2 is 1.97 bits per heavy atom. The average molecular weight is 471 g/mol. The van der Waals surface area contributed by atoms with Crippen molar-refractivity contribution in [2.45, 2.75) is 58.2 Å². The summed E-state index contributed by atoms with van der Waals surface area (Å²) in [5.41, 5.74) is 7.60. The van der Waals surface area contributed by atoms with Gasteiger partial charge >= 0.3 is 0 Å². The zero-order valence-corrected chi connectivity index (χ0v) is 20.9. The summed E-state index contributed by atoms with van der Waals surface area (Å²) in [4.78, 5) is 7.78. The van der Waals surface area contributed by atoms with Crippen LogP contribution in [0.4, 0.5) is 17.1 Å². The number of pyridine rings is 1. The molecular weight excluding hydrogens is 436 g/mol. The monoisotopic (exact) mass is 470 g/mol. The first-order chi connectivity index (χ1) is 16.6. The Bertz CT molecular complexity index is 1380. The molecule has 35 heavy (non-hydrogen) atoms. The molecule has 6 heteroatoms. The van der Waals surface area contributed by atoms with Crippen LogP contribution in [0.25, 0.3) is 10.9 Å². The third-order valence-electron chi connectivity index (χ3n) is 7.10. The molecule has 5 rings (SSSR count). The predicted molar refractivity (Wildman–Crippen MR) is 142 cm³/mol. The standard InChI is InChI=1S/C29H34N4O2/c1-18-16-20(33-25-12-15-31-27-22(25)10-13-29(27,4)35)8-9-24(18)30-14-11-19-17-32-26-21(19)6-5-7-23(26)28(2,3)34/h5-9,12,15-17,30,32,34-35H,10-11,13-14H2,1-4H3,(H,31,33). The van der Waals surface area contributed by atoms with Gasteiger partial charge in [0.25, 0.3) is 0 Å². The molecule has 0 aliphatic heterocycles. The quantitative estimate of drug-likeness (QED) is 0.241. The number of hydrogen-bond acceptors (Lipinski definition) is 5. The second-order valence-electron chi connectivity index (χ2n) is 10.4. The van der Waals surface area contributed by atoms with Gasteiger partial charge in [0.2, 0.25) is 0 Å². The number of nitrogens with zero attached hydrogens (tertiary/aromatic N) is 1. The normalized spacial score (nSPS) is 17.5. The van der Waals surface area contributed by atoms with E-state index < -0.39 is 11.2 Å². The van der Waals surface area contributed by atoms with Gasteiger partial charge in [0.15, 0.2) is 0 Å². The molecule has 0 fully saturated rings. The number of benzene rings is 2. The minimum atomic E-state index is -0.888. The molecule has 182 valence electrons. The van der Waals surface area contributed by atoms with Crippen molar-refractivity contribution in [3.05, 3.63) is 82.8 Å². The first kappa shape index (κ1) is 23.4. The number of nitrogens with one attached hydrogen (secondary N) is 3. The van der Waals surface area contributed by atoms with Crippen molar-refractivity contribution in [2.75, 3.05) is 17.2 Å². The zero-order chi connectivity index (χ0) is 24.8. The van der Waals surface area contributed by atoms with E-state index in [0.717, 1.165) is 69.7 Å². The van der Waals surface area contributed by atoms with Crippen LogP contribution in [0.15, 0.2) is 54.9 Å². The summed E-state index contributed by atoms with van der Waals surface area (Å²) in [7, 11) is 0. The Morgan fingerprint density at radius 1 is 1.14 bits per heavy atom. The Hall–Kier alpha value is -3.35. The fourth-order valence-corrected chi connectivity index (χ4v) is 5.17. The lowest BCUT2D eigenvalue weighted by atomic mass is 9.95. The van der Waals surface area contributed by atoms with Crippen LogP contribution in [0.2, 0.25) is 0 Å². The fourth-order valence-electron chi connectivity index (χ4n) is 5.17. The van der Waals surface area contributed by atoms with Crippen LogP contribution >= 0.6 is 0 Å². The molecule has 4 aromatic rings. The smallest absolute Gasteiger partial charge is 0.104 e. The molecule has 1 aliphatic carbocycles. The van der Waals surface area contributed by atoms with E-state index in [1.165, 1.54) is 5.56 Å². The first-order valence-electron chi connectivity index (χ1n) is 12.3. The van der Waals surface area contributed by atoms with Crippen LogP contribution in [0.1, 0.15) is 55.1 Å². The van der Waals surface area contributed by atoms with Gasteiger partial charge in [-0.2, -0.15) is 0 Å². The molecule has 0 spiro atoms. The SMILES string of the molecule is Cc1cc(Nc2ccnc3c2CCC3(C)O)ccc1NCCc1c[nH]c2c(C(C)(C)O)cccc12. The number of rotatable bonds is 7. The zero-order valence-electron chi connectivity index (χ0n) is 20.9. The minimum absolute atomic E-state index is 0.700. The third kappa shape index (κ3) is 4.51. The van der Waals surface area contributed by atoms with Gasteiger partial charge in [0, 0.05) is 52.5 Å². The summed E-state index contributed by atoms with van der Waals surface area (Å²) in [6.45, 7) is 8.38. The van der Waals surface area contributed by atoms with E-state index >= 15 is 0 Å². The second kappa shape index (κ2) is 8.70. The second-order valence-corrected chi connectivity index (χ2v) is 10.4. The van der Waals surface area contributed by atoms with Crippen molar-refractivity contribution < 1.29 is 10.2 Å². The molecule has 0 bridgehead atoms. The number of aromatic nitrogens is 2. The number of anilines is 3. The summed E-state index contributed by atoms with van der Waals surface area (Å²) in [6.07, 6.45) is 6.20. The minimum Gasteiger partial charge on any atom is -0.386 e. The van der Waals surface area contributed by atoms with Gasteiger partial charge in [-0.3, -0.25) is 4.98 Å². The van der Waals surface area contributed by atoms with Gasteiger partial charge in [0.05, 0.1) is 16.8 Å². The average Bonchev–Trinajstić information content (AvgIpc) is 3.35. The van der Waals surface area contributed by atoms with Crippen LogP contribution in [0.5, 0.6) is 0 Å². The van der Waals surface area contributed by atoms with E-state index in [9.17, 15) is 10.2 Å². The molecule has 2 aromatic heterocycles. The van der Waals surface area contributed by atoms with E-state index in [-0.39, 0.29) is 0 Å². The van der Waals surface area contributed by atoms with Gasteiger partial charge in [0.1, 0.15) is 5.60 Å². The van der Waals surface area contributed by atoms with Crippen LogP contribution in [0.3, 0.4) is 0 Å². The van der Waals surface area contributed by atoms with Gasteiger partial charge in [-0.05, 0) is 82.3 Å². The summed E-state index contributed by atoms with van der Waals surface area (Å²) in [5.74, 6) is 0. The Balaban J connectivity index is 1.26. The molecule has 5 N–H and O–H groups in total. The summed E-state index contributed by atoms with van der Waals surface area (Å²) >= 11 is 0. The molecule has 2 aromatic carbocycles. The third-order valence-corrected chi connectivity index (χ3v) is 7.10. The maximum atomic E-state index is 10.6. The Labute approximate surface area is 206 Å². The van der Waals surface area contributed by atoms with E-state index in [0.29, 0.717) is 6.42 Å². The Morgan fingerprint density at radius 3 is 2.74 bits per heavy atom. The maximum absolute atomic E-state index is 10.6. The van der Waals surface area contributed by atoms with Crippen LogP contribution in [-0.2, 0) is 24.0 Å². The number of aromatic amines is 1. The topological polar surface area (TPSA) is 93.2 Å². The molecule has 0 saturated carbocycles. The highest BCUT2D eigenvalue weighted by atomic mass is 16.3. The fraction of sp³-hybridized carbons (Fsp3) is 0.345.